The molecule has 1 aromatic heterocycles. The maximum Gasteiger partial charge on any atom is 0.0623 e. The van der Waals surface area contributed by atoms with Crippen LogP contribution in [0, 0.1) is 9.49 Å². The van der Waals surface area contributed by atoms with Crippen LogP contribution in [-0.4, -0.2) is 22.9 Å². The summed E-state index contributed by atoms with van der Waals surface area (Å²) in [5.74, 6) is 0.776. The maximum atomic E-state index is 4.30. The van der Waals surface area contributed by atoms with Crippen molar-refractivity contribution in [3.8, 4) is 0 Å². The minimum absolute atomic E-state index is 0.431. The van der Waals surface area contributed by atoms with Crippen molar-refractivity contribution >= 4 is 22.6 Å². The number of nitrogens with zero attached hydrogens (tertiary/aromatic N) is 2. The highest BCUT2D eigenvalue weighted by molar-refractivity contribution is 14.1. The molecular weight excluding hydrogens is 301 g/mol. The average molecular weight is 321 g/mol. The third kappa shape index (κ3) is 4.97. The van der Waals surface area contributed by atoms with Gasteiger partial charge in [0.2, 0.25) is 0 Å². The molecule has 0 aliphatic heterocycles. The lowest BCUT2D eigenvalue weighted by molar-refractivity contribution is 0.438. The second kappa shape index (κ2) is 6.48. The van der Waals surface area contributed by atoms with Crippen molar-refractivity contribution in [2.45, 2.75) is 33.2 Å². The largest absolute Gasteiger partial charge is 0.315 e. The molecule has 0 aliphatic carbocycles. The molecule has 1 unspecified atom stereocenters. The van der Waals surface area contributed by atoms with E-state index >= 15 is 0 Å². The molecule has 1 atom stereocenters. The minimum atomic E-state index is 0.431. The molecular formula is C11H20IN3. The van der Waals surface area contributed by atoms with Crippen LogP contribution in [0.4, 0.5) is 0 Å². The molecule has 1 heterocycles. The minimum Gasteiger partial charge on any atom is -0.315 e. The maximum absolute atomic E-state index is 4.30. The zero-order chi connectivity index (χ0) is 11.3. The van der Waals surface area contributed by atoms with Crippen molar-refractivity contribution in [1.29, 1.82) is 0 Å². The molecule has 0 spiro atoms. The first-order valence-corrected chi connectivity index (χ1v) is 6.58. The Balaban J connectivity index is 2.21. The lowest BCUT2D eigenvalue weighted by atomic mass is 10.1. The van der Waals surface area contributed by atoms with Crippen LogP contribution in [0.15, 0.2) is 12.4 Å². The van der Waals surface area contributed by atoms with Gasteiger partial charge < -0.3 is 5.32 Å². The van der Waals surface area contributed by atoms with Gasteiger partial charge in [0.25, 0.3) is 0 Å². The Hall–Kier alpha value is -0.100. The molecule has 0 saturated carbocycles. The van der Waals surface area contributed by atoms with Gasteiger partial charge in [-0.15, -0.1) is 0 Å². The van der Waals surface area contributed by atoms with E-state index in [0.29, 0.717) is 6.04 Å². The van der Waals surface area contributed by atoms with Crippen molar-refractivity contribution < 1.29 is 0 Å². The molecule has 0 fully saturated rings. The van der Waals surface area contributed by atoms with Crippen LogP contribution in [0.5, 0.6) is 0 Å². The number of nitrogens with one attached hydrogen (secondary N) is 1. The quantitative estimate of drug-likeness (QED) is 0.645. The van der Waals surface area contributed by atoms with Crippen molar-refractivity contribution in [2.24, 2.45) is 5.92 Å². The van der Waals surface area contributed by atoms with E-state index in [4.69, 9.17) is 0 Å². The van der Waals surface area contributed by atoms with E-state index in [0.717, 1.165) is 19.0 Å². The topological polar surface area (TPSA) is 29.9 Å². The zero-order valence-electron chi connectivity index (χ0n) is 9.70. The van der Waals surface area contributed by atoms with E-state index in [9.17, 15) is 0 Å². The molecule has 0 bridgehead atoms. The first kappa shape index (κ1) is 13.0. The van der Waals surface area contributed by atoms with E-state index in [1.165, 1.54) is 9.99 Å². The van der Waals surface area contributed by atoms with E-state index < -0.39 is 0 Å². The zero-order valence-corrected chi connectivity index (χ0v) is 11.9. The van der Waals surface area contributed by atoms with Gasteiger partial charge in [-0.05, 0) is 48.4 Å². The Labute approximate surface area is 106 Å². The second-order valence-corrected chi connectivity index (χ2v) is 5.62. The number of hydrogen-bond donors (Lipinski definition) is 1. The fraction of sp³-hybridized carbons (Fsp3) is 0.727. The Bertz CT molecular complexity index is 283. The van der Waals surface area contributed by atoms with Gasteiger partial charge in [0, 0.05) is 12.7 Å². The monoisotopic (exact) mass is 321 g/mol. The Kier molecular flexibility index (Phi) is 5.60. The predicted octanol–water partition coefficient (Wildman–Crippen LogP) is 2.68. The second-order valence-electron chi connectivity index (χ2n) is 4.37. The molecule has 4 heteroatoms. The summed E-state index contributed by atoms with van der Waals surface area (Å²) in [5.41, 5.74) is 0. The van der Waals surface area contributed by atoms with Gasteiger partial charge in [0.15, 0.2) is 0 Å². The smallest absolute Gasteiger partial charge is 0.0623 e. The van der Waals surface area contributed by atoms with Crippen LogP contribution in [-0.2, 0) is 0 Å². The van der Waals surface area contributed by atoms with Gasteiger partial charge in [-0.1, -0.05) is 13.8 Å². The summed E-state index contributed by atoms with van der Waals surface area (Å²) < 4.78 is 3.21. The molecule has 0 radical (unpaired) electrons. The summed E-state index contributed by atoms with van der Waals surface area (Å²) in [5, 5.41) is 7.76. The molecule has 0 saturated heterocycles. The summed E-state index contributed by atoms with van der Waals surface area (Å²) in [6.07, 6.45) is 5.21. The Morgan fingerprint density at radius 3 is 2.73 bits per heavy atom. The van der Waals surface area contributed by atoms with E-state index in [1.54, 1.807) is 0 Å². The van der Waals surface area contributed by atoms with Gasteiger partial charge in [-0.3, -0.25) is 4.68 Å². The number of halogens is 1. The summed E-state index contributed by atoms with van der Waals surface area (Å²) in [6, 6.07) is 0.431. The highest BCUT2D eigenvalue weighted by Crippen LogP contribution is 2.07. The molecule has 0 aliphatic rings. The van der Waals surface area contributed by atoms with Crippen LogP contribution in [0.3, 0.4) is 0 Å². The Morgan fingerprint density at radius 2 is 2.20 bits per heavy atom. The highest BCUT2D eigenvalue weighted by atomic mass is 127. The van der Waals surface area contributed by atoms with E-state index in [2.05, 4.69) is 60.0 Å². The summed E-state index contributed by atoms with van der Waals surface area (Å²) in [4.78, 5) is 0. The molecule has 1 rings (SSSR count). The van der Waals surface area contributed by atoms with Crippen molar-refractivity contribution in [1.82, 2.24) is 15.1 Å². The molecule has 1 N–H and O–H groups in total. The molecule has 0 aromatic carbocycles. The number of rotatable bonds is 6. The summed E-state index contributed by atoms with van der Waals surface area (Å²) in [6.45, 7) is 8.78. The molecule has 1 aromatic rings. The van der Waals surface area contributed by atoms with Gasteiger partial charge in [-0.25, -0.2) is 0 Å². The van der Waals surface area contributed by atoms with Gasteiger partial charge in [0.1, 0.15) is 0 Å². The molecule has 86 valence electrons. The highest BCUT2D eigenvalue weighted by Gasteiger charge is 2.05. The average Bonchev–Trinajstić information content (AvgIpc) is 2.59. The Morgan fingerprint density at radius 1 is 1.47 bits per heavy atom. The normalized spacial score (nSPS) is 13.4. The third-order valence-electron chi connectivity index (χ3n) is 2.36. The third-order valence-corrected chi connectivity index (χ3v) is 2.92. The van der Waals surface area contributed by atoms with Crippen molar-refractivity contribution in [2.75, 3.05) is 13.1 Å². The van der Waals surface area contributed by atoms with Crippen molar-refractivity contribution in [3.05, 3.63) is 16.0 Å². The van der Waals surface area contributed by atoms with Crippen LogP contribution in [0.1, 0.15) is 33.2 Å². The standard InChI is InChI=1S/C11H20IN3/c1-9(2)4-5-13-6-10(3)15-8-11(12)7-14-15/h7-10,13H,4-6H2,1-3H3. The van der Waals surface area contributed by atoms with Gasteiger partial charge >= 0.3 is 0 Å². The number of hydrogen-bond acceptors (Lipinski definition) is 2. The summed E-state index contributed by atoms with van der Waals surface area (Å²) >= 11 is 2.28. The number of aromatic nitrogens is 2. The van der Waals surface area contributed by atoms with Crippen LogP contribution in [0.25, 0.3) is 0 Å². The first-order valence-electron chi connectivity index (χ1n) is 5.50. The van der Waals surface area contributed by atoms with Crippen LogP contribution >= 0.6 is 22.6 Å². The van der Waals surface area contributed by atoms with E-state index in [1.807, 2.05) is 10.9 Å². The van der Waals surface area contributed by atoms with Crippen LogP contribution < -0.4 is 5.32 Å². The SMILES string of the molecule is CC(C)CCNCC(C)n1cc(I)cn1. The first-order chi connectivity index (χ1) is 7.09. The molecule has 0 amide bonds. The lowest BCUT2D eigenvalue weighted by Gasteiger charge is -2.13. The van der Waals surface area contributed by atoms with E-state index in [-0.39, 0.29) is 0 Å². The fourth-order valence-corrected chi connectivity index (χ4v) is 1.76. The molecule has 3 nitrogen and oxygen atoms in total. The fourth-order valence-electron chi connectivity index (χ4n) is 1.35. The van der Waals surface area contributed by atoms with Crippen LogP contribution in [0.2, 0.25) is 0 Å². The predicted molar refractivity (Wildman–Crippen MR) is 72.0 cm³/mol. The lowest BCUT2D eigenvalue weighted by Crippen LogP contribution is -2.25. The van der Waals surface area contributed by atoms with Gasteiger partial charge in [-0.2, -0.15) is 5.10 Å². The van der Waals surface area contributed by atoms with Gasteiger partial charge in [0.05, 0.1) is 15.8 Å². The van der Waals surface area contributed by atoms with Crippen molar-refractivity contribution in [3.63, 3.8) is 0 Å². The molecule has 15 heavy (non-hydrogen) atoms. The summed E-state index contributed by atoms with van der Waals surface area (Å²) in [7, 11) is 0.